The first-order valence-corrected chi connectivity index (χ1v) is 10.4. The lowest BCUT2D eigenvalue weighted by molar-refractivity contribution is -0.119. The van der Waals surface area contributed by atoms with Gasteiger partial charge in [-0.05, 0) is 42.7 Å². The average molecular weight is 455 g/mol. The summed E-state index contributed by atoms with van der Waals surface area (Å²) < 4.78 is 0. The number of hydrogen-bond acceptors (Lipinski definition) is 2. The second kappa shape index (κ2) is 7.72. The third-order valence-corrected chi connectivity index (χ3v) is 6.74. The Labute approximate surface area is 182 Å². The lowest BCUT2D eigenvalue weighted by Gasteiger charge is -2.38. The van der Waals surface area contributed by atoms with Gasteiger partial charge in [-0.2, -0.15) is 0 Å². The molecule has 0 saturated carbocycles. The van der Waals surface area contributed by atoms with Gasteiger partial charge in [0, 0.05) is 30.0 Å². The number of nitrogens with zero attached hydrogens (tertiary/aromatic N) is 1. The first-order valence-electron chi connectivity index (χ1n) is 8.86. The number of benzene rings is 2. The highest BCUT2D eigenvalue weighted by Gasteiger charge is 2.40. The SMILES string of the molecule is O=C1CCCC2=C1C(c1ccc(Cl)c(Cl)c1)CC(=O)N2c1cccc(Cl)c1Cl. The van der Waals surface area contributed by atoms with E-state index in [-0.39, 0.29) is 24.0 Å². The summed E-state index contributed by atoms with van der Waals surface area (Å²) in [7, 11) is 0. The second-order valence-corrected chi connectivity index (χ2v) is 8.47. The molecule has 0 radical (unpaired) electrons. The van der Waals surface area contributed by atoms with Crippen molar-refractivity contribution in [1.29, 1.82) is 0 Å². The van der Waals surface area contributed by atoms with E-state index in [1.165, 1.54) is 0 Å². The molecule has 0 saturated heterocycles. The largest absolute Gasteiger partial charge is 0.294 e. The van der Waals surface area contributed by atoms with Crippen molar-refractivity contribution < 1.29 is 9.59 Å². The zero-order valence-corrected chi connectivity index (χ0v) is 17.7. The molecule has 1 amide bonds. The van der Waals surface area contributed by atoms with Crippen LogP contribution < -0.4 is 4.90 Å². The number of carbonyl (C=O) groups is 2. The van der Waals surface area contributed by atoms with Crippen LogP contribution in [-0.4, -0.2) is 11.7 Å². The van der Waals surface area contributed by atoms with E-state index in [1.54, 1.807) is 35.2 Å². The fourth-order valence-corrected chi connectivity index (χ4v) is 4.64. The third-order valence-electron chi connectivity index (χ3n) is 5.19. The molecule has 0 spiro atoms. The molecule has 2 aromatic rings. The fourth-order valence-electron chi connectivity index (χ4n) is 3.95. The average Bonchev–Trinajstić information content (AvgIpc) is 2.66. The highest BCUT2D eigenvalue weighted by atomic mass is 35.5. The maximum absolute atomic E-state index is 13.2. The molecule has 4 rings (SSSR count). The molecule has 1 unspecified atom stereocenters. The van der Waals surface area contributed by atoms with Gasteiger partial charge in [0.25, 0.3) is 0 Å². The van der Waals surface area contributed by atoms with E-state index in [1.807, 2.05) is 6.07 Å². The highest BCUT2D eigenvalue weighted by Crippen LogP contribution is 2.46. The molecule has 1 aliphatic carbocycles. The molecule has 1 atom stereocenters. The van der Waals surface area contributed by atoms with Crippen LogP contribution in [0.25, 0.3) is 0 Å². The van der Waals surface area contributed by atoms with Gasteiger partial charge in [-0.1, -0.05) is 58.5 Å². The second-order valence-electron chi connectivity index (χ2n) is 6.87. The number of ketones is 1. The fraction of sp³-hybridized carbons (Fsp3) is 0.238. The molecule has 0 bridgehead atoms. The van der Waals surface area contributed by atoms with Crippen molar-refractivity contribution in [2.24, 2.45) is 0 Å². The summed E-state index contributed by atoms with van der Waals surface area (Å²) in [6.45, 7) is 0. The first-order chi connectivity index (χ1) is 13.4. The van der Waals surface area contributed by atoms with Crippen molar-refractivity contribution in [2.75, 3.05) is 4.90 Å². The Bertz CT molecular complexity index is 1030. The van der Waals surface area contributed by atoms with Crippen molar-refractivity contribution in [2.45, 2.75) is 31.6 Å². The molecular formula is C21H15Cl4NO2. The van der Waals surface area contributed by atoms with Gasteiger partial charge in [0.1, 0.15) is 0 Å². The van der Waals surface area contributed by atoms with Gasteiger partial charge in [0.15, 0.2) is 5.78 Å². The van der Waals surface area contributed by atoms with Crippen LogP contribution in [0.5, 0.6) is 0 Å². The summed E-state index contributed by atoms with van der Waals surface area (Å²) in [6.07, 6.45) is 1.91. The molecule has 144 valence electrons. The Kier molecular flexibility index (Phi) is 5.45. The van der Waals surface area contributed by atoms with E-state index in [9.17, 15) is 9.59 Å². The molecular weight excluding hydrogens is 440 g/mol. The third kappa shape index (κ3) is 3.35. The van der Waals surface area contributed by atoms with Gasteiger partial charge in [0.05, 0.1) is 25.8 Å². The van der Waals surface area contributed by atoms with Crippen molar-refractivity contribution in [3.8, 4) is 0 Å². The summed E-state index contributed by atoms with van der Waals surface area (Å²) >= 11 is 24.8. The highest BCUT2D eigenvalue weighted by molar-refractivity contribution is 6.44. The first kappa shape index (κ1) is 19.8. The van der Waals surface area contributed by atoms with Gasteiger partial charge in [0.2, 0.25) is 5.91 Å². The van der Waals surface area contributed by atoms with Crippen LogP contribution >= 0.6 is 46.4 Å². The summed E-state index contributed by atoms with van der Waals surface area (Å²) in [6, 6.07) is 10.4. The van der Waals surface area contributed by atoms with E-state index >= 15 is 0 Å². The van der Waals surface area contributed by atoms with Crippen LogP contribution in [0.3, 0.4) is 0 Å². The van der Waals surface area contributed by atoms with Crippen LogP contribution in [0.4, 0.5) is 5.69 Å². The molecule has 7 heteroatoms. The predicted molar refractivity (Wildman–Crippen MR) is 114 cm³/mol. The molecule has 0 fully saturated rings. The predicted octanol–water partition coefficient (Wildman–Crippen LogP) is 6.83. The van der Waals surface area contributed by atoms with Crippen molar-refractivity contribution in [3.63, 3.8) is 0 Å². The van der Waals surface area contributed by atoms with Crippen LogP contribution in [0, 0.1) is 0 Å². The summed E-state index contributed by atoms with van der Waals surface area (Å²) in [5.41, 5.74) is 2.67. The number of anilines is 1. The van der Waals surface area contributed by atoms with E-state index in [2.05, 4.69) is 0 Å². The topological polar surface area (TPSA) is 37.4 Å². The monoisotopic (exact) mass is 453 g/mol. The van der Waals surface area contributed by atoms with Crippen molar-refractivity contribution in [3.05, 3.63) is 73.3 Å². The quantitative estimate of drug-likeness (QED) is 0.498. The zero-order valence-electron chi connectivity index (χ0n) is 14.6. The van der Waals surface area contributed by atoms with Gasteiger partial charge in [-0.3, -0.25) is 14.5 Å². The number of carbonyl (C=O) groups excluding carboxylic acids is 2. The normalized spacial score (nSPS) is 19.9. The molecule has 1 heterocycles. The van der Waals surface area contributed by atoms with Gasteiger partial charge in [-0.15, -0.1) is 0 Å². The Morgan fingerprint density at radius 2 is 1.68 bits per heavy atom. The molecule has 0 N–H and O–H groups in total. The Morgan fingerprint density at radius 3 is 2.43 bits per heavy atom. The molecule has 28 heavy (non-hydrogen) atoms. The lowest BCUT2D eigenvalue weighted by Crippen LogP contribution is -2.40. The summed E-state index contributed by atoms with van der Waals surface area (Å²) in [4.78, 5) is 27.6. The van der Waals surface area contributed by atoms with E-state index in [0.717, 1.165) is 5.56 Å². The van der Waals surface area contributed by atoms with Crippen LogP contribution in [0.1, 0.15) is 37.2 Å². The smallest absolute Gasteiger partial charge is 0.232 e. The number of amides is 1. The van der Waals surface area contributed by atoms with E-state index in [0.29, 0.717) is 56.3 Å². The summed E-state index contributed by atoms with van der Waals surface area (Å²) in [5, 5.41) is 1.50. The van der Waals surface area contributed by atoms with Crippen molar-refractivity contribution >= 4 is 63.8 Å². The van der Waals surface area contributed by atoms with Gasteiger partial charge >= 0.3 is 0 Å². The van der Waals surface area contributed by atoms with Gasteiger partial charge < -0.3 is 0 Å². The van der Waals surface area contributed by atoms with E-state index in [4.69, 9.17) is 46.4 Å². The molecule has 2 aliphatic rings. The minimum atomic E-state index is -0.348. The standard InChI is InChI=1S/C21H15Cl4NO2/c22-13-8-7-11(9-15(13)24)12-10-19(28)26(16-4-2-6-18(27)20(12)16)17-5-1-3-14(23)21(17)25/h1,3,5,7-9,12H,2,4,6,10H2. The number of Topliss-reactive ketones (excluding diaryl/α,β-unsaturated/α-hetero) is 1. The number of rotatable bonds is 2. The maximum atomic E-state index is 13.2. The molecule has 1 aliphatic heterocycles. The number of allylic oxidation sites excluding steroid dienone is 2. The van der Waals surface area contributed by atoms with Crippen molar-refractivity contribution in [1.82, 2.24) is 0 Å². The van der Waals surface area contributed by atoms with E-state index < -0.39 is 0 Å². The molecule has 0 aromatic heterocycles. The Morgan fingerprint density at radius 1 is 0.893 bits per heavy atom. The maximum Gasteiger partial charge on any atom is 0.232 e. The van der Waals surface area contributed by atoms with Crippen LogP contribution in [-0.2, 0) is 9.59 Å². The molecule has 3 nitrogen and oxygen atoms in total. The summed E-state index contributed by atoms with van der Waals surface area (Å²) in [5.74, 6) is -0.430. The molecule has 2 aromatic carbocycles. The Balaban J connectivity index is 1.89. The number of halogens is 4. The Hall–Kier alpha value is -1.52. The van der Waals surface area contributed by atoms with Crippen LogP contribution in [0.15, 0.2) is 47.7 Å². The van der Waals surface area contributed by atoms with Crippen LogP contribution in [0.2, 0.25) is 20.1 Å². The lowest BCUT2D eigenvalue weighted by atomic mass is 9.77. The minimum absolute atomic E-state index is 0.0490. The van der Waals surface area contributed by atoms with Gasteiger partial charge in [-0.25, -0.2) is 0 Å². The number of hydrogen-bond donors (Lipinski definition) is 0. The zero-order chi connectivity index (χ0) is 20.0. The minimum Gasteiger partial charge on any atom is -0.294 e.